The zero-order chi connectivity index (χ0) is 16.1. The molecule has 1 fully saturated rings. The van der Waals surface area contributed by atoms with Crippen LogP contribution >= 0.6 is 0 Å². The molecule has 1 aromatic carbocycles. The average molecular weight is 303 g/mol. The zero-order valence-corrected chi connectivity index (χ0v) is 13.3. The molecular formula is C17H25N3O2. The molecule has 0 aromatic heterocycles. The minimum atomic E-state index is -0.325. The summed E-state index contributed by atoms with van der Waals surface area (Å²) in [6.07, 6.45) is 1.69. The van der Waals surface area contributed by atoms with Gasteiger partial charge in [-0.3, -0.25) is 9.59 Å². The van der Waals surface area contributed by atoms with Gasteiger partial charge in [-0.2, -0.15) is 0 Å². The van der Waals surface area contributed by atoms with E-state index in [4.69, 9.17) is 5.73 Å². The van der Waals surface area contributed by atoms with E-state index in [0.717, 1.165) is 18.4 Å². The molecular weight excluding hydrogens is 278 g/mol. The molecule has 1 aliphatic heterocycles. The Morgan fingerprint density at radius 3 is 2.64 bits per heavy atom. The van der Waals surface area contributed by atoms with Crippen molar-refractivity contribution < 1.29 is 9.59 Å². The predicted molar refractivity (Wildman–Crippen MR) is 85.9 cm³/mol. The summed E-state index contributed by atoms with van der Waals surface area (Å²) < 4.78 is 0. The van der Waals surface area contributed by atoms with Crippen LogP contribution in [0.3, 0.4) is 0 Å². The Hall–Kier alpha value is -1.88. The first-order chi connectivity index (χ1) is 10.5. The molecule has 3 atom stereocenters. The Bertz CT molecular complexity index is 518. The normalized spacial score (nSPS) is 21.0. The first-order valence-corrected chi connectivity index (χ1v) is 7.85. The van der Waals surface area contributed by atoms with Crippen LogP contribution in [0.4, 0.5) is 0 Å². The maximum atomic E-state index is 12.7. The smallest absolute Gasteiger partial charge is 0.227 e. The standard InChI is InChI=1S/C17H25N3O2/c1-12(15(18)13-7-4-3-5-8-13)17(22)20-10-6-9-14(11-20)16(21)19-2/h3-5,7-8,12,14-15H,6,9-11,18H2,1-2H3,(H,19,21). The summed E-state index contributed by atoms with van der Waals surface area (Å²) in [6, 6.07) is 9.34. The summed E-state index contributed by atoms with van der Waals surface area (Å²) in [4.78, 5) is 26.3. The summed E-state index contributed by atoms with van der Waals surface area (Å²) in [7, 11) is 1.64. The fourth-order valence-electron chi connectivity index (χ4n) is 3.00. The van der Waals surface area contributed by atoms with Gasteiger partial charge in [-0.1, -0.05) is 37.3 Å². The molecule has 0 spiro atoms. The maximum Gasteiger partial charge on any atom is 0.227 e. The van der Waals surface area contributed by atoms with Gasteiger partial charge in [0.15, 0.2) is 0 Å². The van der Waals surface area contributed by atoms with Gasteiger partial charge in [0.25, 0.3) is 0 Å². The highest BCUT2D eigenvalue weighted by Crippen LogP contribution is 2.24. The fraction of sp³-hybridized carbons (Fsp3) is 0.529. The molecule has 3 N–H and O–H groups in total. The van der Waals surface area contributed by atoms with Crippen molar-refractivity contribution >= 4 is 11.8 Å². The first kappa shape index (κ1) is 16.5. The third-order valence-electron chi connectivity index (χ3n) is 4.46. The van der Waals surface area contributed by atoms with E-state index in [9.17, 15) is 9.59 Å². The zero-order valence-electron chi connectivity index (χ0n) is 13.3. The number of nitrogens with zero attached hydrogens (tertiary/aromatic N) is 1. The van der Waals surface area contributed by atoms with Gasteiger partial charge >= 0.3 is 0 Å². The van der Waals surface area contributed by atoms with Gasteiger partial charge in [0, 0.05) is 26.2 Å². The number of hydrogen-bond donors (Lipinski definition) is 2. The van der Waals surface area contributed by atoms with E-state index in [0.29, 0.717) is 13.1 Å². The Morgan fingerprint density at radius 2 is 2.00 bits per heavy atom. The van der Waals surface area contributed by atoms with Crippen LogP contribution in [-0.4, -0.2) is 36.9 Å². The summed E-state index contributed by atoms with van der Waals surface area (Å²) in [6.45, 7) is 3.06. The topological polar surface area (TPSA) is 75.4 Å². The lowest BCUT2D eigenvalue weighted by Crippen LogP contribution is -2.47. The lowest BCUT2D eigenvalue weighted by atomic mass is 9.91. The van der Waals surface area contributed by atoms with Crippen molar-refractivity contribution in [3.8, 4) is 0 Å². The maximum absolute atomic E-state index is 12.7. The van der Waals surface area contributed by atoms with Gasteiger partial charge in [-0.25, -0.2) is 0 Å². The van der Waals surface area contributed by atoms with E-state index in [1.165, 1.54) is 0 Å². The minimum Gasteiger partial charge on any atom is -0.359 e. The molecule has 0 aliphatic carbocycles. The highest BCUT2D eigenvalue weighted by molar-refractivity contribution is 5.82. The van der Waals surface area contributed by atoms with Gasteiger partial charge in [0.1, 0.15) is 0 Å². The lowest BCUT2D eigenvalue weighted by Gasteiger charge is -2.34. The average Bonchev–Trinajstić information content (AvgIpc) is 2.59. The molecule has 1 heterocycles. The molecule has 5 nitrogen and oxygen atoms in total. The van der Waals surface area contributed by atoms with E-state index in [1.807, 2.05) is 37.3 Å². The third kappa shape index (κ3) is 3.65. The minimum absolute atomic E-state index is 0.0116. The predicted octanol–water partition coefficient (Wildman–Crippen LogP) is 1.31. The number of piperidine rings is 1. The number of carbonyl (C=O) groups is 2. The highest BCUT2D eigenvalue weighted by atomic mass is 16.2. The number of likely N-dealkylation sites (tertiary alicyclic amines) is 1. The van der Waals surface area contributed by atoms with Crippen LogP contribution in [0.25, 0.3) is 0 Å². The molecule has 1 saturated heterocycles. The van der Waals surface area contributed by atoms with Crippen LogP contribution in [-0.2, 0) is 9.59 Å². The Balaban J connectivity index is 2.02. The van der Waals surface area contributed by atoms with Crippen LogP contribution in [0.1, 0.15) is 31.4 Å². The Morgan fingerprint density at radius 1 is 1.32 bits per heavy atom. The van der Waals surface area contributed by atoms with Crippen molar-refractivity contribution in [3.63, 3.8) is 0 Å². The largest absolute Gasteiger partial charge is 0.359 e. The van der Waals surface area contributed by atoms with Crippen molar-refractivity contribution in [2.75, 3.05) is 20.1 Å². The van der Waals surface area contributed by atoms with Gasteiger partial charge in [-0.05, 0) is 18.4 Å². The van der Waals surface area contributed by atoms with Gasteiger partial charge in [-0.15, -0.1) is 0 Å². The van der Waals surface area contributed by atoms with Crippen LogP contribution in [0.5, 0.6) is 0 Å². The number of nitrogens with one attached hydrogen (secondary N) is 1. The summed E-state index contributed by atoms with van der Waals surface area (Å²) in [5.41, 5.74) is 7.20. The highest BCUT2D eigenvalue weighted by Gasteiger charge is 2.32. The van der Waals surface area contributed by atoms with Crippen molar-refractivity contribution in [1.82, 2.24) is 10.2 Å². The number of rotatable bonds is 4. The van der Waals surface area contributed by atoms with Gasteiger partial charge < -0.3 is 16.0 Å². The number of carbonyl (C=O) groups excluding carboxylic acids is 2. The SMILES string of the molecule is CNC(=O)C1CCCN(C(=O)C(C)C(N)c2ccccc2)C1. The van der Waals surface area contributed by atoms with E-state index in [1.54, 1.807) is 11.9 Å². The van der Waals surface area contributed by atoms with Gasteiger partial charge in [0.05, 0.1) is 11.8 Å². The van der Waals surface area contributed by atoms with Crippen molar-refractivity contribution in [3.05, 3.63) is 35.9 Å². The number of amides is 2. The van der Waals surface area contributed by atoms with E-state index in [2.05, 4.69) is 5.32 Å². The van der Waals surface area contributed by atoms with E-state index >= 15 is 0 Å². The molecule has 0 radical (unpaired) electrons. The van der Waals surface area contributed by atoms with E-state index < -0.39 is 0 Å². The second-order valence-electron chi connectivity index (χ2n) is 5.96. The van der Waals surface area contributed by atoms with Crippen molar-refractivity contribution in [2.24, 2.45) is 17.6 Å². The molecule has 1 aromatic rings. The summed E-state index contributed by atoms with van der Waals surface area (Å²) in [5, 5.41) is 2.67. The number of benzene rings is 1. The fourth-order valence-corrected chi connectivity index (χ4v) is 3.00. The van der Waals surface area contributed by atoms with Crippen molar-refractivity contribution in [1.29, 1.82) is 0 Å². The molecule has 0 bridgehead atoms. The van der Waals surface area contributed by atoms with Crippen LogP contribution in [0.15, 0.2) is 30.3 Å². The molecule has 2 rings (SSSR count). The van der Waals surface area contributed by atoms with Gasteiger partial charge in [0.2, 0.25) is 11.8 Å². The lowest BCUT2D eigenvalue weighted by molar-refractivity contribution is -0.139. The van der Waals surface area contributed by atoms with Crippen LogP contribution in [0.2, 0.25) is 0 Å². The molecule has 1 aliphatic rings. The quantitative estimate of drug-likeness (QED) is 0.880. The number of hydrogen-bond acceptors (Lipinski definition) is 3. The van der Waals surface area contributed by atoms with Crippen LogP contribution < -0.4 is 11.1 Å². The Kier molecular flexibility index (Phi) is 5.55. The second kappa shape index (κ2) is 7.40. The molecule has 2 amide bonds. The summed E-state index contributed by atoms with van der Waals surface area (Å²) in [5.74, 6) is -0.365. The molecule has 3 unspecified atom stereocenters. The molecule has 120 valence electrons. The molecule has 22 heavy (non-hydrogen) atoms. The van der Waals surface area contributed by atoms with Crippen LogP contribution in [0, 0.1) is 11.8 Å². The number of nitrogens with two attached hydrogens (primary N) is 1. The first-order valence-electron chi connectivity index (χ1n) is 7.85. The summed E-state index contributed by atoms with van der Waals surface area (Å²) >= 11 is 0. The third-order valence-corrected chi connectivity index (χ3v) is 4.46. The van der Waals surface area contributed by atoms with E-state index in [-0.39, 0.29) is 29.7 Å². The second-order valence-corrected chi connectivity index (χ2v) is 5.96. The molecule has 5 heteroatoms. The monoisotopic (exact) mass is 303 g/mol. The Labute approximate surface area is 131 Å². The molecule has 0 saturated carbocycles. The van der Waals surface area contributed by atoms with Crippen molar-refractivity contribution in [2.45, 2.75) is 25.8 Å².